The molecule has 182 valence electrons. The second-order valence-electron chi connectivity index (χ2n) is 8.10. The Morgan fingerprint density at radius 2 is 1.03 bits per heavy atom. The van der Waals surface area contributed by atoms with Gasteiger partial charge in [-0.15, -0.1) is 0 Å². The molecule has 3 rings (SSSR count). The van der Waals surface area contributed by atoms with Crippen LogP contribution < -0.4 is 0 Å². The number of carbonyl (C=O) groups excluding carboxylic acids is 1. The maximum absolute atomic E-state index is 12.6. The number of hydrogen-bond donors (Lipinski definition) is 0. The van der Waals surface area contributed by atoms with Gasteiger partial charge in [0, 0.05) is 18.3 Å². The van der Waals surface area contributed by atoms with Gasteiger partial charge in [-0.25, -0.2) is 0 Å². The van der Waals surface area contributed by atoms with E-state index in [1.54, 1.807) is 24.3 Å². The van der Waals surface area contributed by atoms with Crippen molar-refractivity contribution in [1.29, 1.82) is 0 Å². The summed E-state index contributed by atoms with van der Waals surface area (Å²) in [4.78, 5) is 11.8. The summed E-state index contributed by atoms with van der Waals surface area (Å²) in [7, 11) is -8.06. The van der Waals surface area contributed by atoms with Crippen LogP contribution in [0.15, 0.2) is 58.3 Å². The molecular weight excluding hydrogens is 464 g/mol. The third-order valence-electron chi connectivity index (χ3n) is 5.53. The van der Waals surface area contributed by atoms with Crippen molar-refractivity contribution in [2.45, 2.75) is 63.2 Å². The summed E-state index contributed by atoms with van der Waals surface area (Å²) in [6.07, 6.45) is 1.03. The molecule has 0 N–H and O–H groups in total. The molecule has 0 bridgehead atoms. The second kappa shape index (κ2) is 11.4. The Bertz CT molecular complexity index is 1040. The van der Waals surface area contributed by atoms with E-state index in [0.29, 0.717) is 12.8 Å². The Labute approximate surface area is 197 Å². The summed E-state index contributed by atoms with van der Waals surface area (Å²) in [6.45, 7) is 7.16. The van der Waals surface area contributed by atoms with Gasteiger partial charge in [-0.1, -0.05) is 49.2 Å². The fraction of sp³-hybridized carbons (Fsp3) is 0.458. The van der Waals surface area contributed by atoms with E-state index in [9.17, 15) is 21.6 Å². The zero-order chi connectivity index (χ0) is 24.7. The monoisotopic (exact) mass is 496 g/mol. The molecule has 2 aromatic carbocycles. The minimum Gasteiger partial charge on any atom is -0.300 e. The van der Waals surface area contributed by atoms with Crippen molar-refractivity contribution in [2.75, 3.05) is 13.2 Å². The third kappa shape index (κ3) is 7.46. The molecule has 1 aliphatic rings. The summed E-state index contributed by atoms with van der Waals surface area (Å²) in [5.74, 6) is 0.0541. The predicted molar refractivity (Wildman–Crippen MR) is 126 cm³/mol. The lowest BCUT2D eigenvalue weighted by Gasteiger charge is -2.35. The summed E-state index contributed by atoms with van der Waals surface area (Å²) >= 11 is 0. The Balaban J connectivity index is 0.00000187. The van der Waals surface area contributed by atoms with Crippen LogP contribution in [0.2, 0.25) is 0 Å². The molecule has 0 amide bonds. The van der Waals surface area contributed by atoms with E-state index in [1.807, 2.05) is 27.7 Å². The number of aryl methyl sites for hydroxylation is 2. The van der Waals surface area contributed by atoms with E-state index in [-0.39, 0.29) is 41.6 Å². The molecule has 0 spiro atoms. The predicted octanol–water partition coefficient (Wildman–Crippen LogP) is 4.57. The van der Waals surface area contributed by atoms with Gasteiger partial charge in [0.1, 0.15) is 5.78 Å². The fourth-order valence-electron chi connectivity index (χ4n) is 3.34. The minimum absolute atomic E-state index is 0.0216. The van der Waals surface area contributed by atoms with Gasteiger partial charge in [0.15, 0.2) is 0 Å². The molecule has 0 aliphatic heterocycles. The van der Waals surface area contributed by atoms with Crippen molar-refractivity contribution in [3.8, 4) is 0 Å². The standard InChI is InChI=1S/C22H26O7S2.C2H6/c1-17-3-7-20(8-4-17)30(24,25)28-15-22(13-11-19(23)12-14-22)16-29-31(26,27)21-9-5-18(2)6-10-21;1-2/h3-10H,11-16H2,1-2H3;1-2H3. The lowest BCUT2D eigenvalue weighted by molar-refractivity contribution is -0.123. The van der Waals surface area contributed by atoms with Gasteiger partial charge in [0.2, 0.25) is 0 Å². The molecule has 1 aliphatic carbocycles. The highest BCUT2D eigenvalue weighted by Crippen LogP contribution is 2.37. The zero-order valence-electron chi connectivity index (χ0n) is 19.5. The highest BCUT2D eigenvalue weighted by molar-refractivity contribution is 7.87. The molecule has 33 heavy (non-hydrogen) atoms. The third-order valence-corrected chi connectivity index (χ3v) is 8.08. The molecular formula is C24H32O7S2. The first-order valence-electron chi connectivity index (χ1n) is 11.0. The average molecular weight is 497 g/mol. The first-order chi connectivity index (χ1) is 15.5. The van der Waals surface area contributed by atoms with Crippen molar-refractivity contribution >= 4 is 26.0 Å². The van der Waals surface area contributed by atoms with Gasteiger partial charge in [-0.3, -0.25) is 13.2 Å². The van der Waals surface area contributed by atoms with E-state index in [4.69, 9.17) is 8.37 Å². The molecule has 0 atom stereocenters. The lowest BCUT2D eigenvalue weighted by atomic mass is 9.75. The first-order valence-corrected chi connectivity index (χ1v) is 13.8. The van der Waals surface area contributed by atoms with Crippen molar-refractivity contribution in [1.82, 2.24) is 0 Å². The number of hydrogen-bond acceptors (Lipinski definition) is 7. The summed E-state index contributed by atoms with van der Waals surface area (Å²) in [6, 6.07) is 12.5. The Kier molecular flexibility index (Phi) is 9.37. The molecule has 2 aromatic rings. The van der Waals surface area contributed by atoms with Crippen LogP contribution in [0.25, 0.3) is 0 Å². The molecule has 0 unspecified atom stereocenters. The smallest absolute Gasteiger partial charge is 0.296 e. The van der Waals surface area contributed by atoms with E-state index >= 15 is 0 Å². The Morgan fingerprint density at radius 3 is 1.36 bits per heavy atom. The van der Waals surface area contributed by atoms with Gasteiger partial charge in [-0.05, 0) is 51.0 Å². The molecule has 0 heterocycles. The Morgan fingerprint density at radius 1 is 0.697 bits per heavy atom. The second-order valence-corrected chi connectivity index (χ2v) is 11.3. The van der Waals surface area contributed by atoms with Crippen molar-refractivity contribution in [2.24, 2.45) is 5.41 Å². The van der Waals surface area contributed by atoms with Crippen LogP contribution in [0.3, 0.4) is 0 Å². The van der Waals surface area contributed by atoms with Gasteiger partial charge in [-0.2, -0.15) is 16.8 Å². The highest BCUT2D eigenvalue weighted by Gasteiger charge is 2.39. The van der Waals surface area contributed by atoms with E-state index in [1.165, 1.54) is 24.3 Å². The molecule has 9 heteroatoms. The highest BCUT2D eigenvalue weighted by atomic mass is 32.2. The van der Waals surface area contributed by atoms with E-state index < -0.39 is 25.7 Å². The topological polar surface area (TPSA) is 104 Å². The quantitative estimate of drug-likeness (QED) is 0.493. The average Bonchev–Trinajstić information content (AvgIpc) is 2.80. The van der Waals surface area contributed by atoms with Crippen molar-refractivity contribution in [3.63, 3.8) is 0 Å². The van der Waals surface area contributed by atoms with Crippen LogP contribution in [0.1, 0.15) is 50.7 Å². The van der Waals surface area contributed by atoms with Crippen LogP contribution in [0.4, 0.5) is 0 Å². The lowest BCUT2D eigenvalue weighted by Crippen LogP contribution is -2.38. The number of Topliss-reactive ketones (excluding diaryl/α,β-unsaturated/α-hetero) is 1. The van der Waals surface area contributed by atoms with Crippen LogP contribution in [0.5, 0.6) is 0 Å². The van der Waals surface area contributed by atoms with E-state index in [2.05, 4.69) is 0 Å². The number of benzene rings is 2. The SMILES string of the molecule is CC.Cc1ccc(S(=O)(=O)OCC2(COS(=O)(=O)c3ccc(C)cc3)CCC(=O)CC2)cc1. The van der Waals surface area contributed by atoms with Crippen molar-refractivity contribution in [3.05, 3.63) is 59.7 Å². The summed E-state index contributed by atoms with van der Waals surface area (Å²) < 4.78 is 61.0. The van der Waals surface area contributed by atoms with Crippen LogP contribution in [-0.2, 0) is 33.4 Å². The largest absolute Gasteiger partial charge is 0.300 e. The van der Waals surface area contributed by atoms with Gasteiger partial charge >= 0.3 is 0 Å². The molecule has 7 nitrogen and oxygen atoms in total. The van der Waals surface area contributed by atoms with Gasteiger partial charge < -0.3 is 0 Å². The molecule has 0 aromatic heterocycles. The first kappa shape index (κ1) is 27.2. The normalized spacial score (nSPS) is 16.1. The zero-order valence-corrected chi connectivity index (χ0v) is 21.2. The maximum Gasteiger partial charge on any atom is 0.296 e. The maximum atomic E-state index is 12.6. The minimum atomic E-state index is -4.03. The molecule has 0 saturated heterocycles. The number of rotatable bonds is 8. The van der Waals surface area contributed by atoms with Gasteiger partial charge in [0.05, 0.1) is 23.0 Å². The fourth-order valence-corrected chi connectivity index (χ4v) is 5.36. The van der Waals surface area contributed by atoms with Crippen LogP contribution in [-0.4, -0.2) is 35.8 Å². The number of carbonyl (C=O) groups is 1. The summed E-state index contributed by atoms with van der Waals surface area (Å²) in [5.41, 5.74) is 0.926. The summed E-state index contributed by atoms with van der Waals surface area (Å²) in [5, 5.41) is 0. The Hall–Kier alpha value is -2.07. The van der Waals surface area contributed by atoms with Crippen LogP contribution >= 0.6 is 0 Å². The molecule has 1 fully saturated rings. The molecule has 0 radical (unpaired) electrons. The molecule has 1 saturated carbocycles. The number of ketones is 1. The van der Waals surface area contributed by atoms with Gasteiger partial charge in [0.25, 0.3) is 20.2 Å². The van der Waals surface area contributed by atoms with Crippen molar-refractivity contribution < 1.29 is 30.0 Å². The van der Waals surface area contributed by atoms with Crippen LogP contribution in [0, 0.1) is 19.3 Å². The van der Waals surface area contributed by atoms with E-state index in [0.717, 1.165) is 11.1 Å².